The first kappa shape index (κ1) is 18.7. The fraction of sp³-hybridized carbons (Fsp3) is 0.316. The summed E-state index contributed by atoms with van der Waals surface area (Å²) in [6, 6.07) is 9.78. The average Bonchev–Trinajstić information content (AvgIpc) is 3.39. The minimum absolute atomic E-state index is 0.169. The molecule has 8 nitrogen and oxygen atoms in total. The summed E-state index contributed by atoms with van der Waals surface area (Å²) in [4.78, 5) is 35.8. The third kappa shape index (κ3) is 5.18. The van der Waals surface area contributed by atoms with Gasteiger partial charge in [0.05, 0.1) is 6.26 Å². The minimum Gasteiger partial charge on any atom is -0.459 e. The second-order valence-electron chi connectivity index (χ2n) is 6.06. The Morgan fingerprint density at radius 2 is 1.74 bits per heavy atom. The Labute approximate surface area is 156 Å². The van der Waals surface area contributed by atoms with E-state index in [0.29, 0.717) is 17.9 Å². The Balaban J connectivity index is 1.40. The van der Waals surface area contributed by atoms with Crippen LogP contribution in [0, 0.1) is 0 Å². The third-order valence-electron chi connectivity index (χ3n) is 4.08. The molecule has 27 heavy (non-hydrogen) atoms. The van der Waals surface area contributed by atoms with Crippen molar-refractivity contribution in [3.05, 3.63) is 54.0 Å². The van der Waals surface area contributed by atoms with E-state index in [2.05, 4.69) is 16.0 Å². The lowest BCUT2D eigenvalue weighted by Gasteiger charge is -2.11. The van der Waals surface area contributed by atoms with Gasteiger partial charge in [-0.05, 0) is 49.2 Å². The van der Waals surface area contributed by atoms with E-state index < -0.39 is 6.10 Å². The first-order chi connectivity index (χ1) is 13.1. The molecule has 2 heterocycles. The number of furan rings is 1. The van der Waals surface area contributed by atoms with Gasteiger partial charge in [0.2, 0.25) is 0 Å². The van der Waals surface area contributed by atoms with E-state index in [1.807, 2.05) is 0 Å². The molecular formula is C19H21N3O5. The number of benzene rings is 1. The molecule has 3 amide bonds. The van der Waals surface area contributed by atoms with Gasteiger partial charge in [-0.3, -0.25) is 14.4 Å². The average molecular weight is 371 g/mol. The Bertz CT molecular complexity index is 780. The molecule has 1 atom stereocenters. The summed E-state index contributed by atoms with van der Waals surface area (Å²) in [5.41, 5.74) is 1.07. The molecule has 8 heteroatoms. The topological polar surface area (TPSA) is 110 Å². The van der Waals surface area contributed by atoms with E-state index in [1.165, 1.54) is 6.26 Å². The van der Waals surface area contributed by atoms with Crippen LogP contribution in [0.15, 0.2) is 47.1 Å². The van der Waals surface area contributed by atoms with Crippen LogP contribution in [-0.4, -0.2) is 43.5 Å². The molecule has 1 unspecified atom stereocenters. The van der Waals surface area contributed by atoms with Crippen LogP contribution in [0.2, 0.25) is 0 Å². The maximum Gasteiger partial charge on any atom is 0.287 e. The molecular weight excluding hydrogens is 350 g/mol. The summed E-state index contributed by atoms with van der Waals surface area (Å²) in [5.74, 6) is -0.543. The van der Waals surface area contributed by atoms with Crippen molar-refractivity contribution in [2.75, 3.05) is 25.0 Å². The van der Waals surface area contributed by atoms with Crippen molar-refractivity contribution in [2.45, 2.75) is 18.9 Å². The zero-order chi connectivity index (χ0) is 19.1. The Morgan fingerprint density at radius 3 is 2.37 bits per heavy atom. The number of nitrogens with one attached hydrogen (secondary N) is 3. The molecule has 3 N–H and O–H groups in total. The maximum absolute atomic E-state index is 12.1. The quantitative estimate of drug-likeness (QED) is 0.640. The molecule has 0 radical (unpaired) electrons. The van der Waals surface area contributed by atoms with Crippen molar-refractivity contribution in [2.24, 2.45) is 0 Å². The molecule has 0 aliphatic carbocycles. The van der Waals surface area contributed by atoms with Crippen molar-refractivity contribution in [1.82, 2.24) is 10.6 Å². The van der Waals surface area contributed by atoms with Gasteiger partial charge in [-0.2, -0.15) is 0 Å². The molecule has 3 rings (SSSR count). The Kier molecular flexibility index (Phi) is 6.22. The fourth-order valence-corrected chi connectivity index (χ4v) is 2.66. The molecule has 0 bridgehead atoms. The molecule has 1 aromatic heterocycles. The first-order valence-electron chi connectivity index (χ1n) is 8.76. The van der Waals surface area contributed by atoms with Gasteiger partial charge in [0.25, 0.3) is 17.7 Å². The van der Waals surface area contributed by atoms with Crippen LogP contribution in [0.1, 0.15) is 33.8 Å². The van der Waals surface area contributed by atoms with Crippen LogP contribution >= 0.6 is 0 Å². The lowest BCUT2D eigenvalue weighted by Crippen LogP contribution is -2.34. The molecule has 0 saturated carbocycles. The van der Waals surface area contributed by atoms with E-state index in [9.17, 15) is 14.4 Å². The highest BCUT2D eigenvalue weighted by molar-refractivity contribution is 5.97. The Morgan fingerprint density at radius 1 is 1.00 bits per heavy atom. The van der Waals surface area contributed by atoms with Crippen molar-refractivity contribution in [1.29, 1.82) is 0 Å². The molecule has 0 spiro atoms. The van der Waals surface area contributed by atoms with E-state index in [4.69, 9.17) is 9.15 Å². The molecule has 1 aliphatic heterocycles. The number of hydrogen-bond acceptors (Lipinski definition) is 5. The monoisotopic (exact) mass is 371 g/mol. The highest BCUT2D eigenvalue weighted by Crippen LogP contribution is 2.15. The summed E-state index contributed by atoms with van der Waals surface area (Å²) >= 11 is 0. The highest BCUT2D eigenvalue weighted by Gasteiger charge is 2.23. The van der Waals surface area contributed by atoms with Gasteiger partial charge in [-0.25, -0.2) is 0 Å². The number of rotatable bonds is 7. The SMILES string of the molecule is O=C(NCCNC(=O)c1ccco1)c1ccc(NC(=O)C2CCCO2)cc1. The zero-order valence-electron chi connectivity index (χ0n) is 14.7. The molecule has 1 fully saturated rings. The lowest BCUT2D eigenvalue weighted by atomic mass is 10.2. The van der Waals surface area contributed by atoms with Crippen LogP contribution in [0.4, 0.5) is 5.69 Å². The summed E-state index contributed by atoms with van der Waals surface area (Å²) in [6.07, 6.45) is 2.63. The van der Waals surface area contributed by atoms with Crippen LogP contribution in [0.5, 0.6) is 0 Å². The van der Waals surface area contributed by atoms with Crippen LogP contribution in [0.3, 0.4) is 0 Å². The highest BCUT2D eigenvalue weighted by atomic mass is 16.5. The molecule has 1 aliphatic rings. The van der Waals surface area contributed by atoms with Crippen molar-refractivity contribution in [3.63, 3.8) is 0 Å². The van der Waals surface area contributed by atoms with Gasteiger partial charge in [0, 0.05) is 30.9 Å². The molecule has 2 aromatic rings. The van der Waals surface area contributed by atoms with Crippen LogP contribution in [-0.2, 0) is 9.53 Å². The number of anilines is 1. The Hall–Kier alpha value is -3.13. The second kappa shape index (κ2) is 9.00. The minimum atomic E-state index is -0.399. The first-order valence-corrected chi connectivity index (χ1v) is 8.76. The summed E-state index contributed by atoms with van der Waals surface area (Å²) in [7, 11) is 0. The van der Waals surface area contributed by atoms with Gasteiger partial charge >= 0.3 is 0 Å². The van der Waals surface area contributed by atoms with Crippen molar-refractivity contribution < 1.29 is 23.5 Å². The maximum atomic E-state index is 12.1. The molecule has 1 saturated heterocycles. The van der Waals surface area contributed by atoms with Crippen LogP contribution < -0.4 is 16.0 Å². The second-order valence-corrected chi connectivity index (χ2v) is 6.06. The van der Waals surface area contributed by atoms with Crippen LogP contribution in [0.25, 0.3) is 0 Å². The number of carbonyl (C=O) groups is 3. The summed E-state index contributed by atoms with van der Waals surface area (Å²) in [6.45, 7) is 1.17. The predicted octanol–water partition coefficient (Wildman–Crippen LogP) is 1.56. The van der Waals surface area contributed by atoms with Gasteiger partial charge in [0.15, 0.2) is 5.76 Å². The van der Waals surface area contributed by atoms with Gasteiger partial charge in [-0.15, -0.1) is 0 Å². The van der Waals surface area contributed by atoms with E-state index in [1.54, 1.807) is 36.4 Å². The summed E-state index contributed by atoms with van der Waals surface area (Å²) < 4.78 is 10.3. The molecule has 142 valence electrons. The number of ether oxygens (including phenoxy) is 1. The lowest BCUT2D eigenvalue weighted by molar-refractivity contribution is -0.124. The smallest absolute Gasteiger partial charge is 0.287 e. The van der Waals surface area contributed by atoms with Crippen molar-refractivity contribution in [3.8, 4) is 0 Å². The number of carbonyl (C=O) groups excluding carboxylic acids is 3. The normalized spacial score (nSPS) is 15.9. The van der Waals surface area contributed by atoms with E-state index in [0.717, 1.165) is 12.8 Å². The molecule has 1 aromatic carbocycles. The summed E-state index contributed by atoms with van der Waals surface area (Å²) in [5, 5.41) is 8.13. The van der Waals surface area contributed by atoms with Gasteiger partial charge in [-0.1, -0.05) is 0 Å². The van der Waals surface area contributed by atoms with Gasteiger partial charge < -0.3 is 25.1 Å². The van der Waals surface area contributed by atoms with E-state index in [-0.39, 0.29) is 36.6 Å². The fourth-order valence-electron chi connectivity index (χ4n) is 2.66. The zero-order valence-corrected chi connectivity index (χ0v) is 14.7. The van der Waals surface area contributed by atoms with E-state index >= 15 is 0 Å². The van der Waals surface area contributed by atoms with Gasteiger partial charge in [0.1, 0.15) is 6.10 Å². The third-order valence-corrected chi connectivity index (χ3v) is 4.08. The predicted molar refractivity (Wildman–Crippen MR) is 97.4 cm³/mol. The number of amides is 3. The number of hydrogen-bond donors (Lipinski definition) is 3. The van der Waals surface area contributed by atoms with Crippen molar-refractivity contribution >= 4 is 23.4 Å². The largest absolute Gasteiger partial charge is 0.459 e. The standard InChI is InChI=1S/C19H21N3O5/c23-17(20-9-10-21-18(24)15-3-1-11-26-15)13-5-7-14(8-6-13)22-19(25)16-4-2-12-27-16/h1,3,5-8,11,16H,2,4,9-10,12H2,(H,20,23)(H,21,24)(H,22,25).